The predicted octanol–water partition coefficient (Wildman–Crippen LogP) is 5.93. The normalized spacial score (nSPS) is 15.6. The summed E-state index contributed by atoms with van der Waals surface area (Å²) in [6.07, 6.45) is -3.64. The fourth-order valence-corrected chi connectivity index (χ4v) is 6.61. The Morgan fingerprint density at radius 1 is 1.15 bits per heavy atom. The molecule has 0 saturated carbocycles. The van der Waals surface area contributed by atoms with Crippen LogP contribution >= 0.6 is 22.9 Å². The van der Waals surface area contributed by atoms with Crippen LogP contribution in [-0.4, -0.2) is 49.6 Å². The first-order valence-electron chi connectivity index (χ1n) is 11.9. The van der Waals surface area contributed by atoms with Crippen LogP contribution in [0.5, 0.6) is 5.75 Å². The van der Waals surface area contributed by atoms with Crippen molar-refractivity contribution in [3.8, 4) is 5.75 Å². The number of thiazole rings is 1. The molecule has 4 rings (SSSR count). The van der Waals surface area contributed by atoms with Gasteiger partial charge in [-0.1, -0.05) is 46.4 Å². The Hall–Kier alpha value is -2.94. The van der Waals surface area contributed by atoms with Crippen LogP contribution in [0, 0.1) is 5.82 Å². The summed E-state index contributed by atoms with van der Waals surface area (Å²) in [5.74, 6) is -4.34. The van der Waals surface area contributed by atoms with Gasteiger partial charge in [0.25, 0.3) is 0 Å². The van der Waals surface area contributed by atoms with Gasteiger partial charge in [-0.3, -0.25) is 4.90 Å². The summed E-state index contributed by atoms with van der Waals surface area (Å²) in [4.78, 5) is 20.2. The number of nitrogens with zero attached hydrogens (tertiary/aromatic N) is 3. The summed E-state index contributed by atoms with van der Waals surface area (Å²) in [6, 6.07) is 11.4. The van der Waals surface area contributed by atoms with E-state index in [4.69, 9.17) is 16.3 Å². The number of hydrogen-bond acceptors (Lipinski definition) is 8. The minimum atomic E-state index is -5.52. The molecule has 2 heterocycles. The van der Waals surface area contributed by atoms with Crippen LogP contribution in [0.3, 0.4) is 0 Å². The Labute approximate surface area is 237 Å². The molecule has 3 aromatic rings. The van der Waals surface area contributed by atoms with Gasteiger partial charge in [0, 0.05) is 36.3 Å². The van der Waals surface area contributed by atoms with Crippen LogP contribution in [0.15, 0.2) is 58.9 Å². The van der Waals surface area contributed by atoms with Crippen molar-refractivity contribution in [2.24, 2.45) is 0 Å². The highest BCUT2D eigenvalue weighted by Gasteiger charge is 2.46. The second kappa shape index (κ2) is 11.5. The number of carbonyl (C=O) groups excluding carboxylic acids is 1. The third-order valence-electron chi connectivity index (χ3n) is 6.46. The van der Waals surface area contributed by atoms with Crippen LogP contribution in [-0.2, 0) is 25.2 Å². The summed E-state index contributed by atoms with van der Waals surface area (Å²) in [5.41, 5.74) is 0.925. The van der Waals surface area contributed by atoms with E-state index in [1.54, 1.807) is 0 Å². The first kappa shape index (κ1) is 30.0. The molecule has 0 N–H and O–H groups in total. The molecule has 1 fully saturated rings. The fourth-order valence-electron chi connectivity index (χ4n) is 4.25. The smallest absolute Gasteiger partial charge is 0.489 e. The molecule has 15 heteroatoms. The number of benzene rings is 2. The van der Waals surface area contributed by atoms with Gasteiger partial charge in [-0.25, -0.2) is 14.2 Å². The molecule has 8 nitrogen and oxygen atoms in total. The third-order valence-corrected chi connectivity index (χ3v) is 9.17. The predicted molar refractivity (Wildman–Crippen MR) is 140 cm³/mol. The van der Waals surface area contributed by atoms with E-state index in [0.717, 1.165) is 17.8 Å². The van der Waals surface area contributed by atoms with Gasteiger partial charge < -0.3 is 9.57 Å². The zero-order valence-electron chi connectivity index (χ0n) is 21.2. The van der Waals surface area contributed by atoms with Crippen molar-refractivity contribution in [1.29, 1.82) is 0 Å². The van der Waals surface area contributed by atoms with Crippen molar-refractivity contribution >= 4 is 44.1 Å². The van der Waals surface area contributed by atoms with Crippen LogP contribution in [0.25, 0.3) is 0 Å². The number of halogens is 5. The summed E-state index contributed by atoms with van der Waals surface area (Å²) in [7, 11) is -5.22. The van der Waals surface area contributed by atoms with Crippen molar-refractivity contribution in [3.05, 3.63) is 70.4 Å². The van der Waals surface area contributed by atoms with E-state index in [-0.39, 0.29) is 26.9 Å². The van der Waals surface area contributed by atoms with Gasteiger partial charge in [0.15, 0.2) is 0 Å². The monoisotopic (exact) mass is 621 g/mol. The number of anilines is 1. The minimum Gasteiger partial charge on any atom is -0.489 e. The summed E-state index contributed by atoms with van der Waals surface area (Å²) in [5, 5.41) is 0.276. The van der Waals surface area contributed by atoms with Gasteiger partial charge in [-0.2, -0.15) is 21.6 Å². The number of sulfonamides is 1. The maximum atomic E-state index is 15.1. The minimum absolute atomic E-state index is 0.132. The number of likely N-dealkylation sites (tertiary alicyclic amines) is 1. The number of aromatic nitrogens is 1. The van der Waals surface area contributed by atoms with Crippen LogP contribution in [0.2, 0.25) is 5.02 Å². The Morgan fingerprint density at radius 2 is 1.80 bits per heavy atom. The molecule has 2 aromatic carbocycles. The summed E-state index contributed by atoms with van der Waals surface area (Å²) < 4.78 is 85.3. The Kier molecular flexibility index (Phi) is 8.64. The fraction of sp³-hybridized carbons (Fsp3) is 0.360. The molecule has 0 radical (unpaired) electrons. The quantitative estimate of drug-likeness (QED) is 0.228. The highest BCUT2D eigenvalue weighted by atomic mass is 35.5. The maximum absolute atomic E-state index is 15.1. The van der Waals surface area contributed by atoms with Crippen molar-refractivity contribution in [2.75, 3.05) is 17.6 Å². The largest absolute Gasteiger partial charge is 0.493 e. The molecule has 1 aromatic heterocycles. The van der Waals surface area contributed by atoms with E-state index in [2.05, 4.69) is 40.7 Å². The SMILES string of the molecule is CC(C)(c1ccccc1)N1CCC(Oc2cc(F)c(S(=O)(=O)N(OC(=O)C(F)(F)F)c3nccs3)cc2Cl)CC1. The average Bonchev–Trinajstić information content (AvgIpc) is 3.43. The Morgan fingerprint density at radius 3 is 2.38 bits per heavy atom. The Balaban J connectivity index is 1.51. The van der Waals surface area contributed by atoms with E-state index < -0.39 is 38.0 Å². The first-order chi connectivity index (χ1) is 18.7. The molecule has 1 aliphatic rings. The molecular formula is C25H24ClF4N3O5S2. The van der Waals surface area contributed by atoms with Crippen LogP contribution in [0.4, 0.5) is 22.7 Å². The van der Waals surface area contributed by atoms with Gasteiger partial charge in [-0.05, 0) is 38.3 Å². The van der Waals surface area contributed by atoms with Crippen molar-refractivity contribution in [2.45, 2.75) is 49.4 Å². The number of ether oxygens (including phenoxy) is 1. The summed E-state index contributed by atoms with van der Waals surface area (Å²) >= 11 is 6.78. The van der Waals surface area contributed by atoms with Crippen LogP contribution < -0.4 is 9.21 Å². The standard InChI is InChI=1S/C25H24ClF4N3O5S2/c1-24(2,16-6-4-3-5-7-16)32-11-8-17(9-12-32)37-20-15-19(27)21(14-18(20)26)40(35,36)33(23-31-10-13-39-23)38-22(34)25(28,29)30/h3-7,10,13-15,17H,8-9,11-12H2,1-2H3. The lowest BCUT2D eigenvalue weighted by atomic mass is 9.90. The van der Waals surface area contributed by atoms with Gasteiger partial charge in [-0.15, -0.1) is 11.3 Å². The van der Waals surface area contributed by atoms with Gasteiger partial charge in [0.05, 0.1) is 5.02 Å². The zero-order valence-corrected chi connectivity index (χ0v) is 23.6. The van der Waals surface area contributed by atoms with Gasteiger partial charge in [0.1, 0.15) is 22.6 Å². The van der Waals surface area contributed by atoms with Crippen LogP contribution in [0.1, 0.15) is 32.3 Å². The number of hydrogen-bond donors (Lipinski definition) is 0. The topological polar surface area (TPSA) is 89.0 Å². The lowest BCUT2D eigenvalue weighted by molar-refractivity contribution is -0.199. The maximum Gasteiger partial charge on any atom is 0.493 e. The summed E-state index contributed by atoms with van der Waals surface area (Å²) in [6.45, 7) is 5.59. The number of alkyl halides is 3. The van der Waals surface area contributed by atoms with Gasteiger partial charge in [0.2, 0.25) is 5.13 Å². The lowest BCUT2D eigenvalue weighted by Crippen LogP contribution is -2.48. The molecule has 0 unspecified atom stereocenters. The molecule has 0 amide bonds. The molecule has 1 aliphatic heterocycles. The Bertz CT molecular complexity index is 1450. The molecule has 0 bridgehead atoms. The highest BCUT2D eigenvalue weighted by Crippen LogP contribution is 2.37. The highest BCUT2D eigenvalue weighted by molar-refractivity contribution is 7.92. The second-order valence-corrected chi connectivity index (χ2v) is 12.4. The van der Waals surface area contributed by atoms with Crippen molar-refractivity contribution in [1.82, 2.24) is 9.88 Å². The third kappa shape index (κ3) is 6.35. The zero-order chi connectivity index (χ0) is 29.3. The lowest BCUT2D eigenvalue weighted by Gasteiger charge is -2.43. The number of rotatable bonds is 8. The van der Waals surface area contributed by atoms with E-state index in [0.29, 0.717) is 43.3 Å². The average molecular weight is 622 g/mol. The molecule has 0 atom stereocenters. The number of piperidine rings is 1. The number of carbonyl (C=O) groups is 1. The van der Waals surface area contributed by atoms with Gasteiger partial charge >= 0.3 is 22.2 Å². The second-order valence-electron chi connectivity index (χ2n) is 9.37. The van der Waals surface area contributed by atoms with Crippen molar-refractivity contribution in [3.63, 3.8) is 0 Å². The molecule has 0 aliphatic carbocycles. The van der Waals surface area contributed by atoms with Crippen molar-refractivity contribution < 1.29 is 40.3 Å². The molecular weight excluding hydrogens is 598 g/mol. The first-order valence-corrected chi connectivity index (χ1v) is 14.6. The van der Waals surface area contributed by atoms with E-state index >= 15 is 4.39 Å². The van der Waals surface area contributed by atoms with E-state index in [1.165, 1.54) is 5.38 Å². The molecule has 40 heavy (non-hydrogen) atoms. The van der Waals surface area contributed by atoms with E-state index in [1.807, 2.05) is 18.2 Å². The molecule has 1 saturated heterocycles. The molecule has 216 valence electrons. The molecule has 0 spiro atoms. The van der Waals surface area contributed by atoms with E-state index in [9.17, 15) is 26.4 Å².